The second-order valence-electron chi connectivity index (χ2n) is 29.1. The second-order valence-corrected chi connectivity index (χ2v) is 29.1. The summed E-state index contributed by atoms with van der Waals surface area (Å²) in [7, 11) is 0. The van der Waals surface area contributed by atoms with Gasteiger partial charge < -0.3 is 14.2 Å². The summed E-state index contributed by atoms with van der Waals surface area (Å²) in [4.78, 5) is 5.36. The van der Waals surface area contributed by atoms with Crippen molar-refractivity contribution < 1.29 is 4.42 Å². The second kappa shape index (κ2) is 15.6. The summed E-state index contributed by atoms with van der Waals surface area (Å²) in [5, 5.41) is 3.74. The van der Waals surface area contributed by atoms with Crippen molar-refractivity contribution in [3.63, 3.8) is 0 Å². The molecule has 75 heavy (non-hydrogen) atoms. The molecular formula is C71H79BN2O. The molecule has 5 aliphatic rings. The van der Waals surface area contributed by atoms with Crippen LogP contribution in [0.3, 0.4) is 0 Å². The van der Waals surface area contributed by atoms with Gasteiger partial charge in [0.25, 0.3) is 6.71 Å². The SMILES string of the molecule is Cc1cc2c3c(c1)N(c1ccc4c(c1)C(C)(C)CCC4(C)C)c1c(oc4cc5c(cc14)C(C)(C)CCC5(C)C)B3c1cc3c(cc1N2c1ccc(C(C)(C)C)cc1-c1ccc2ccccc2c1)C(C)(C)CCC3(C)C. The zero-order chi connectivity index (χ0) is 52.9. The molecule has 3 nitrogen and oxygen atoms in total. The Labute approximate surface area is 449 Å². The molecule has 0 spiro atoms. The van der Waals surface area contributed by atoms with Crippen LogP contribution in [0, 0.1) is 6.92 Å². The molecule has 0 atom stereocenters. The average Bonchev–Trinajstić information content (AvgIpc) is 3.73. The van der Waals surface area contributed by atoms with Crippen molar-refractivity contribution in [2.75, 3.05) is 9.80 Å². The van der Waals surface area contributed by atoms with Gasteiger partial charge in [0.2, 0.25) is 0 Å². The van der Waals surface area contributed by atoms with E-state index in [1.807, 2.05) is 0 Å². The van der Waals surface area contributed by atoms with E-state index in [0.717, 1.165) is 43.3 Å². The Hall–Kier alpha value is -6.00. The number of rotatable bonds is 3. The Morgan fingerprint density at radius 1 is 0.467 bits per heavy atom. The average molecular weight is 987 g/mol. The molecule has 0 bridgehead atoms. The zero-order valence-electron chi connectivity index (χ0n) is 48.1. The van der Waals surface area contributed by atoms with E-state index in [2.05, 4.69) is 236 Å². The lowest BCUT2D eigenvalue weighted by atomic mass is 9.35. The van der Waals surface area contributed by atoms with Gasteiger partial charge >= 0.3 is 0 Å². The zero-order valence-corrected chi connectivity index (χ0v) is 48.1. The van der Waals surface area contributed by atoms with E-state index in [9.17, 15) is 0 Å². The molecule has 0 unspecified atom stereocenters. The van der Waals surface area contributed by atoms with Crippen molar-refractivity contribution in [3.05, 3.63) is 160 Å². The van der Waals surface area contributed by atoms with Crippen molar-refractivity contribution in [2.24, 2.45) is 0 Å². The van der Waals surface area contributed by atoms with Crippen LogP contribution in [0.15, 0.2) is 120 Å². The fourth-order valence-corrected chi connectivity index (χ4v) is 14.8. The van der Waals surface area contributed by atoms with E-state index in [4.69, 9.17) is 4.42 Å². The van der Waals surface area contributed by atoms with Crippen LogP contribution in [0.25, 0.3) is 32.9 Å². The Bertz CT molecular complexity index is 3750. The van der Waals surface area contributed by atoms with Gasteiger partial charge in [-0.3, -0.25) is 0 Å². The smallest absolute Gasteiger partial charge is 0.297 e. The minimum absolute atomic E-state index is 0.00220. The number of benzene rings is 7. The van der Waals surface area contributed by atoms with E-state index in [1.165, 1.54) is 123 Å². The highest BCUT2D eigenvalue weighted by atomic mass is 16.3. The first-order valence-corrected chi connectivity index (χ1v) is 28.5. The lowest BCUT2D eigenvalue weighted by molar-refractivity contribution is 0.332. The normalized spacial score (nSPS) is 20.0. The Kier molecular flexibility index (Phi) is 10.1. The first kappa shape index (κ1) is 48.6. The molecule has 1 aromatic heterocycles. The monoisotopic (exact) mass is 987 g/mol. The van der Waals surface area contributed by atoms with E-state index >= 15 is 0 Å². The fraction of sp³-hybridized carbons (Fsp3) is 0.408. The van der Waals surface area contributed by atoms with E-state index < -0.39 is 0 Å². The lowest BCUT2D eigenvalue weighted by Crippen LogP contribution is -2.61. The largest absolute Gasteiger partial charge is 0.468 e. The van der Waals surface area contributed by atoms with E-state index in [1.54, 1.807) is 0 Å². The van der Waals surface area contributed by atoms with Crippen molar-refractivity contribution in [1.82, 2.24) is 0 Å². The molecule has 0 radical (unpaired) electrons. The molecule has 0 fully saturated rings. The van der Waals surface area contributed by atoms with Crippen molar-refractivity contribution in [1.29, 1.82) is 0 Å². The summed E-state index contributed by atoms with van der Waals surface area (Å²) >= 11 is 0. The summed E-state index contributed by atoms with van der Waals surface area (Å²) in [6, 6.07) is 46.2. The predicted molar refractivity (Wildman–Crippen MR) is 322 cm³/mol. The third-order valence-corrected chi connectivity index (χ3v) is 20.0. The molecule has 0 N–H and O–H groups in total. The minimum atomic E-state index is -0.143. The number of hydrogen-bond acceptors (Lipinski definition) is 3. The topological polar surface area (TPSA) is 19.6 Å². The highest BCUT2D eigenvalue weighted by molar-refractivity contribution is 7.00. The minimum Gasteiger partial charge on any atom is -0.468 e. The summed E-state index contributed by atoms with van der Waals surface area (Å²) < 4.78 is 7.80. The molecule has 3 aliphatic carbocycles. The van der Waals surface area contributed by atoms with E-state index in [0.29, 0.717) is 0 Å². The first-order chi connectivity index (χ1) is 35.2. The molecule has 2 aliphatic heterocycles. The van der Waals surface area contributed by atoms with Crippen molar-refractivity contribution in [3.8, 4) is 11.1 Å². The van der Waals surface area contributed by atoms with Gasteiger partial charge in [-0.1, -0.05) is 158 Å². The first-order valence-electron chi connectivity index (χ1n) is 28.5. The standard InChI is InChI=1S/C71H79BN2O/c1-42-33-59-62-60(34-42)74(57-26-23-46(65(2,3)4)36-48(57)45-22-21-43-19-17-18-20-44(43)35-45)58-40-54-53(69(11,12)30-31-70(54,13)14)39-56(58)72(62)64-63(49-38-52-55(41-61(49)75-64)71(15,16)32-29-68(52,9)10)73(59)47-24-25-50-51(37-47)67(7,8)28-27-66(50,5)6/h17-26,33-41H,27-32H2,1-16H3. The molecule has 3 heterocycles. The number of anilines is 6. The van der Waals surface area contributed by atoms with Crippen LogP contribution in [0.5, 0.6) is 0 Å². The maximum atomic E-state index is 7.80. The van der Waals surface area contributed by atoms with Crippen LogP contribution in [-0.2, 0) is 37.9 Å². The molecule has 382 valence electrons. The van der Waals surface area contributed by atoms with E-state index in [-0.39, 0.29) is 44.6 Å². The van der Waals surface area contributed by atoms with Crippen molar-refractivity contribution in [2.45, 2.75) is 187 Å². The quantitative estimate of drug-likeness (QED) is 0.165. The molecule has 7 aromatic carbocycles. The van der Waals surface area contributed by atoms with Crippen LogP contribution < -0.4 is 26.4 Å². The number of nitrogens with zero attached hydrogens (tertiary/aromatic N) is 2. The molecule has 0 amide bonds. The Morgan fingerprint density at radius 2 is 1.01 bits per heavy atom. The highest BCUT2D eigenvalue weighted by Crippen LogP contribution is 2.56. The van der Waals surface area contributed by atoms with Crippen LogP contribution in [0.2, 0.25) is 0 Å². The van der Waals surface area contributed by atoms with Gasteiger partial charge in [-0.2, -0.15) is 0 Å². The maximum absolute atomic E-state index is 7.80. The van der Waals surface area contributed by atoms with Crippen LogP contribution in [0.1, 0.15) is 187 Å². The third-order valence-electron chi connectivity index (χ3n) is 20.0. The van der Waals surface area contributed by atoms with Gasteiger partial charge in [-0.15, -0.1) is 0 Å². The van der Waals surface area contributed by atoms with Gasteiger partial charge in [0.15, 0.2) is 0 Å². The van der Waals surface area contributed by atoms with Crippen molar-refractivity contribution >= 4 is 79.2 Å². The van der Waals surface area contributed by atoms with Gasteiger partial charge in [0.1, 0.15) is 5.58 Å². The summed E-state index contributed by atoms with van der Waals surface area (Å²) in [5.74, 6) is 0. The fourth-order valence-electron chi connectivity index (χ4n) is 14.8. The summed E-state index contributed by atoms with van der Waals surface area (Å²) in [5.41, 5.74) is 26.1. The van der Waals surface area contributed by atoms with Gasteiger partial charge in [-0.25, -0.2) is 0 Å². The maximum Gasteiger partial charge on any atom is 0.297 e. The Balaban J connectivity index is 1.17. The van der Waals surface area contributed by atoms with Gasteiger partial charge in [0, 0.05) is 33.7 Å². The molecule has 4 heteroatoms. The third kappa shape index (κ3) is 7.19. The summed E-state index contributed by atoms with van der Waals surface area (Å²) in [6.45, 7) is 38.8. The predicted octanol–water partition coefficient (Wildman–Crippen LogP) is 18.0. The lowest BCUT2D eigenvalue weighted by Gasteiger charge is -2.47. The molecule has 0 saturated carbocycles. The number of hydrogen-bond donors (Lipinski definition) is 0. The molecular weight excluding hydrogens is 908 g/mol. The van der Waals surface area contributed by atoms with Crippen LogP contribution in [-0.4, -0.2) is 6.71 Å². The number of fused-ring (bicyclic) bond motifs is 10. The Morgan fingerprint density at radius 3 is 1.64 bits per heavy atom. The number of furan rings is 1. The molecule has 13 rings (SSSR count). The summed E-state index contributed by atoms with van der Waals surface area (Å²) in [6.07, 6.45) is 6.94. The molecule has 8 aromatic rings. The van der Waals surface area contributed by atoms with Gasteiger partial charge in [0.05, 0.1) is 17.0 Å². The van der Waals surface area contributed by atoms with Gasteiger partial charge in [-0.05, 0) is 216 Å². The molecule has 0 saturated heterocycles. The number of aryl methyl sites for hydroxylation is 1. The van der Waals surface area contributed by atoms with Crippen LogP contribution >= 0.6 is 0 Å². The van der Waals surface area contributed by atoms with Crippen LogP contribution in [0.4, 0.5) is 34.1 Å². The highest BCUT2D eigenvalue weighted by Gasteiger charge is 2.50.